The molecule has 0 bridgehead atoms. The van der Waals surface area contributed by atoms with Crippen LogP contribution in [0.25, 0.3) is 0 Å². The zero-order valence-electron chi connectivity index (χ0n) is 13.4. The number of alkyl halides is 2. The molecule has 2 saturated heterocycles. The van der Waals surface area contributed by atoms with E-state index in [9.17, 15) is 18.0 Å². The largest absolute Gasteiger partial charge is 0.366 e. The van der Waals surface area contributed by atoms with Crippen LogP contribution < -0.4 is 0 Å². The molecule has 2 aliphatic heterocycles. The van der Waals surface area contributed by atoms with Crippen molar-refractivity contribution in [2.24, 2.45) is 0 Å². The summed E-state index contributed by atoms with van der Waals surface area (Å²) >= 11 is 0. The first-order valence-electron chi connectivity index (χ1n) is 8.18. The molecule has 0 aliphatic carbocycles. The fourth-order valence-corrected chi connectivity index (χ4v) is 3.15. The van der Waals surface area contributed by atoms with Crippen LogP contribution in [-0.2, 0) is 16.1 Å². The van der Waals surface area contributed by atoms with Crippen molar-refractivity contribution in [3.8, 4) is 0 Å². The van der Waals surface area contributed by atoms with Gasteiger partial charge in [-0.15, -0.1) is 0 Å². The number of rotatable bonds is 3. The minimum absolute atomic E-state index is 0.0651. The number of hydrogen-bond donors (Lipinski definition) is 0. The Labute approximate surface area is 139 Å². The Bertz CT molecular complexity index is 587. The monoisotopic (exact) mass is 342 g/mol. The number of piperidine rings is 1. The standard InChI is InChI=1S/C17H21F3N2O2/c18-14-3-1-2-13(10-14)11-21-8-9-24-15(12-21)16(23)22-6-4-17(19,20)5-7-22/h1-3,10,15H,4-9,11-12H2. The SMILES string of the molecule is O=C(C1CN(Cc2cccc(F)c2)CCO1)N1CCC(F)(F)CC1. The fourth-order valence-electron chi connectivity index (χ4n) is 3.15. The van der Waals surface area contributed by atoms with Gasteiger partial charge in [0.15, 0.2) is 0 Å². The molecule has 2 fully saturated rings. The van der Waals surface area contributed by atoms with Crippen LogP contribution >= 0.6 is 0 Å². The van der Waals surface area contributed by atoms with Crippen molar-refractivity contribution in [2.45, 2.75) is 31.4 Å². The third-order valence-corrected chi connectivity index (χ3v) is 4.53. The smallest absolute Gasteiger partial charge is 0.253 e. The van der Waals surface area contributed by atoms with Crippen molar-refractivity contribution < 1.29 is 22.7 Å². The zero-order chi connectivity index (χ0) is 17.2. The molecule has 0 saturated carbocycles. The highest BCUT2D eigenvalue weighted by Crippen LogP contribution is 2.28. The molecule has 1 amide bonds. The van der Waals surface area contributed by atoms with Gasteiger partial charge in [0.2, 0.25) is 0 Å². The Kier molecular flexibility index (Phi) is 5.10. The lowest BCUT2D eigenvalue weighted by Crippen LogP contribution is -2.53. The summed E-state index contributed by atoms with van der Waals surface area (Å²) in [4.78, 5) is 16.0. The van der Waals surface area contributed by atoms with Gasteiger partial charge in [-0.1, -0.05) is 12.1 Å². The van der Waals surface area contributed by atoms with Crippen LogP contribution in [0.3, 0.4) is 0 Å². The first-order valence-corrected chi connectivity index (χ1v) is 8.18. The molecule has 4 nitrogen and oxygen atoms in total. The number of carbonyl (C=O) groups is 1. The fraction of sp³-hybridized carbons (Fsp3) is 0.588. The predicted octanol–water partition coefficient (Wildman–Crippen LogP) is 2.28. The summed E-state index contributed by atoms with van der Waals surface area (Å²) in [6.45, 7) is 2.10. The molecule has 2 heterocycles. The average Bonchev–Trinajstić information content (AvgIpc) is 2.54. The Hall–Kier alpha value is -1.60. The quantitative estimate of drug-likeness (QED) is 0.845. The number of benzene rings is 1. The van der Waals surface area contributed by atoms with Gasteiger partial charge in [-0.05, 0) is 17.7 Å². The highest BCUT2D eigenvalue weighted by atomic mass is 19.3. The highest BCUT2D eigenvalue weighted by Gasteiger charge is 2.38. The minimum atomic E-state index is -2.67. The number of halogens is 3. The average molecular weight is 342 g/mol. The molecular formula is C17H21F3N2O2. The second kappa shape index (κ2) is 7.11. The van der Waals surface area contributed by atoms with Crippen LogP contribution in [0.15, 0.2) is 24.3 Å². The van der Waals surface area contributed by atoms with Gasteiger partial charge < -0.3 is 9.64 Å². The maximum Gasteiger partial charge on any atom is 0.253 e. The lowest BCUT2D eigenvalue weighted by molar-refractivity contribution is -0.155. The molecule has 0 N–H and O–H groups in total. The van der Waals surface area contributed by atoms with Crippen molar-refractivity contribution in [3.63, 3.8) is 0 Å². The van der Waals surface area contributed by atoms with Crippen LogP contribution in [-0.4, -0.2) is 60.5 Å². The summed E-state index contributed by atoms with van der Waals surface area (Å²) in [7, 11) is 0. The molecule has 1 unspecified atom stereocenters. The highest BCUT2D eigenvalue weighted by molar-refractivity contribution is 5.81. The van der Waals surface area contributed by atoms with Gasteiger partial charge in [-0.3, -0.25) is 9.69 Å². The van der Waals surface area contributed by atoms with Gasteiger partial charge in [0.1, 0.15) is 11.9 Å². The van der Waals surface area contributed by atoms with Crippen LogP contribution in [0.4, 0.5) is 13.2 Å². The topological polar surface area (TPSA) is 32.8 Å². The van der Waals surface area contributed by atoms with E-state index in [2.05, 4.69) is 0 Å². The van der Waals surface area contributed by atoms with Gasteiger partial charge in [-0.2, -0.15) is 0 Å². The Balaban J connectivity index is 1.56. The van der Waals surface area contributed by atoms with Gasteiger partial charge in [0.05, 0.1) is 6.61 Å². The maximum absolute atomic E-state index is 13.3. The summed E-state index contributed by atoms with van der Waals surface area (Å²) in [5.74, 6) is -3.19. The normalized spacial score (nSPS) is 24.8. The second-order valence-corrected chi connectivity index (χ2v) is 6.41. The van der Waals surface area contributed by atoms with Gasteiger partial charge in [0, 0.05) is 45.6 Å². The number of nitrogens with zero attached hydrogens (tertiary/aromatic N) is 2. The molecule has 7 heteroatoms. The van der Waals surface area contributed by atoms with Crippen molar-refractivity contribution in [1.29, 1.82) is 0 Å². The number of carbonyl (C=O) groups excluding carboxylic acids is 1. The van der Waals surface area contributed by atoms with E-state index in [0.29, 0.717) is 26.2 Å². The van der Waals surface area contributed by atoms with Crippen LogP contribution in [0, 0.1) is 5.82 Å². The first-order chi connectivity index (χ1) is 11.4. The predicted molar refractivity (Wildman–Crippen MR) is 82.2 cm³/mol. The second-order valence-electron chi connectivity index (χ2n) is 6.41. The lowest BCUT2D eigenvalue weighted by Gasteiger charge is -2.37. The van der Waals surface area contributed by atoms with E-state index >= 15 is 0 Å². The molecule has 1 atom stereocenters. The minimum Gasteiger partial charge on any atom is -0.366 e. The third kappa shape index (κ3) is 4.27. The molecular weight excluding hydrogens is 321 g/mol. The Morgan fingerprint density at radius 3 is 2.71 bits per heavy atom. The molecule has 3 rings (SSSR count). The molecule has 0 aromatic heterocycles. The number of amides is 1. The van der Waals surface area contributed by atoms with Gasteiger partial charge in [0.25, 0.3) is 11.8 Å². The molecule has 1 aromatic rings. The van der Waals surface area contributed by atoms with Crippen molar-refractivity contribution in [2.75, 3.05) is 32.8 Å². The molecule has 1 aromatic carbocycles. The van der Waals surface area contributed by atoms with E-state index < -0.39 is 12.0 Å². The summed E-state index contributed by atoms with van der Waals surface area (Å²) < 4.78 is 45.2. The summed E-state index contributed by atoms with van der Waals surface area (Å²) in [5, 5.41) is 0. The summed E-state index contributed by atoms with van der Waals surface area (Å²) in [6.07, 6.45) is -1.23. The molecule has 24 heavy (non-hydrogen) atoms. The van der Waals surface area contributed by atoms with Crippen molar-refractivity contribution in [3.05, 3.63) is 35.6 Å². The first kappa shape index (κ1) is 17.2. The van der Waals surface area contributed by atoms with E-state index in [4.69, 9.17) is 4.74 Å². The van der Waals surface area contributed by atoms with E-state index in [1.54, 1.807) is 6.07 Å². The lowest BCUT2D eigenvalue weighted by atomic mass is 10.1. The van der Waals surface area contributed by atoms with E-state index in [-0.39, 0.29) is 37.7 Å². The van der Waals surface area contributed by atoms with Crippen molar-refractivity contribution in [1.82, 2.24) is 9.80 Å². The number of likely N-dealkylation sites (tertiary alicyclic amines) is 1. The Morgan fingerprint density at radius 1 is 1.25 bits per heavy atom. The van der Waals surface area contributed by atoms with Gasteiger partial charge in [-0.25, -0.2) is 13.2 Å². The molecule has 0 radical (unpaired) electrons. The van der Waals surface area contributed by atoms with Crippen molar-refractivity contribution >= 4 is 5.91 Å². The van der Waals surface area contributed by atoms with Crippen LogP contribution in [0.5, 0.6) is 0 Å². The molecule has 2 aliphatic rings. The zero-order valence-corrected chi connectivity index (χ0v) is 13.4. The molecule has 132 valence electrons. The summed E-state index contributed by atoms with van der Waals surface area (Å²) in [6, 6.07) is 6.35. The van der Waals surface area contributed by atoms with Crippen LogP contribution in [0.1, 0.15) is 18.4 Å². The van der Waals surface area contributed by atoms with E-state index in [0.717, 1.165) is 5.56 Å². The number of hydrogen-bond acceptors (Lipinski definition) is 3. The Morgan fingerprint density at radius 2 is 2.00 bits per heavy atom. The number of morpholine rings is 1. The van der Waals surface area contributed by atoms with Gasteiger partial charge >= 0.3 is 0 Å². The van der Waals surface area contributed by atoms with E-state index in [1.165, 1.54) is 17.0 Å². The van der Waals surface area contributed by atoms with E-state index in [1.807, 2.05) is 11.0 Å². The number of ether oxygens (including phenoxy) is 1. The van der Waals surface area contributed by atoms with Crippen LogP contribution in [0.2, 0.25) is 0 Å². The third-order valence-electron chi connectivity index (χ3n) is 4.53. The molecule has 0 spiro atoms. The summed E-state index contributed by atoms with van der Waals surface area (Å²) in [5.41, 5.74) is 0.834. The maximum atomic E-state index is 13.3.